The Hall–Kier alpha value is -0.600. The third-order valence-electron chi connectivity index (χ3n) is 5.80. The van der Waals surface area contributed by atoms with E-state index in [0.29, 0.717) is 6.79 Å². The molecule has 20 heavy (non-hydrogen) atoms. The summed E-state index contributed by atoms with van der Waals surface area (Å²) >= 11 is 0. The average molecular weight is 274 g/mol. The van der Waals surface area contributed by atoms with E-state index in [4.69, 9.17) is 9.47 Å². The molecule has 0 saturated heterocycles. The highest BCUT2D eigenvalue weighted by Crippen LogP contribution is 2.43. The second-order valence-electron chi connectivity index (χ2n) is 7.38. The molecule has 2 heteroatoms. The molecule has 2 fully saturated rings. The quantitative estimate of drug-likeness (QED) is 0.417. The Bertz CT molecular complexity index is 386. The summed E-state index contributed by atoms with van der Waals surface area (Å²) in [5.41, 5.74) is 0. The van der Waals surface area contributed by atoms with Crippen LogP contribution in [0, 0.1) is 35.5 Å². The smallest absolute Gasteiger partial charge is 0.146 e. The van der Waals surface area contributed by atoms with Gasteiger partial charge in [-0.3, -0.25) is 0 Å². The van der Waals surface area contributed by atoms with Crippen LogP contribution in [0.4, 0.5) is 0 Å². The van der Waals surface area contributed by atoms with Crippen LogP contribution in [-0.4, -0.2) is 20.0 Å². The zero-order chi connectivity index (χ0) is 13.4. The SMILES string of the molecule is C1=CC2CC1CC(COCOCC1CC3C=CC1C3)C2. The maximum atomic E-state index is 5.77. The molecule has 110 valence electrons. The minimum absolute atomic E-state index is 0.497. The van der Waals surface area contributed by atoms with Crippen molar-refractivity contribution >= 4 is 0 Å². The molecule has 0 spiro atoms. The molecule has 0 radical (unpaired) electrons. The number of allylic oxidation sites excluding steroid dienone is 4. The van der Waals surface area contributed by atoms with Crippen LogP contribution in [0.1, 0.15) is 32.1 Å². The van der Waals surface area contributed by atoms with Crippen LogP contribution in [0.5, 0.6) is 0 Å². The molecule has 0 aliphatic heterocycles. The van der Waals surface area contributed by atoms with Crippen molar-refractivity contribution in [2.75, 3.05) is 20.0 Å². The van der Waals surface area contributed by atoms with Gasteiger partial charge in [-0.1, -0.05) is 24.3 Å². The largest absolute Gasteiger partial charge is 0.355 e. The van der Waals surface area contributed by atoms with Gasteiger partial charge in [-0.25, -0.2) is 0 Å². The first-order valence-corrected chi connectivity index (χ1v) is 8.39. The first kappa shape index (κ1) is 13.1. The molecule has 2 saturated carbocycles. The van der Waals surface area contributed by atoms with E-state index < -0.39 is 0 Å². The topological polar surface area (TPSA) is 18.5 Å². The zero-order valence-electron chi connectivity index (χ0n) is 12.2. The number of ether oxygens (including phenoxy) is 2. The highest BCUT2D eigenvalue weighted by Gasteiger charge is 2.35. The number of hydrogen-bond donors (Lipinski definition) is 0. The van der Waals surface area contributed by atoms with Crippen LogP contribution in [0.15, 0.2) is 24.3 Å². The first-order chi connectivity index (χ1) is 9.87. The summed E-state index contributed by atoms with van der Waals surface area (Å²) in [5.74, 6) is 4.82. The van der Waals surface area contributed by atoms with E-state index in [9.17, 15) is 0 Å². The van der Waals surface area contributed by atoms with Crippen LogP contribution in [0.2, 0.25) is 0 Å². The van der Waals surface area contributed by atoms with Crippen molar-refractivity contribution in [3.63, 3.8) is 0 Å². The van der Waals surface area contributed by atoms with Crippen molar-refractivity contribution < 1.29 is 9.47 Å². The summed E-state index contributed by atoms with van der Waals surface area (Å²) in [7, 11) is 0. The van der Waals surface area contributed by atoms with E-state index in [0.717, 1.165) is 48.7 Å². The summed E-state index contributed by atoms with van der Waals surface area (Å²) in [5, 5.41) is 0. The van der Waals surface area contributed by atoms with Crippen molar-refractivity contribution in [2.24, 2.45) is 35.5 Å². The van der Waals surface area contributed by atoms with Crippen LogP contribution in [0.25, 0.3) is 0 Å². The Balaban J connectivity index is 1.10. The monoisotopic (exact) mass is 274 g/mol. The Morgan fingerprint density at radius 2 is 1.40 bits per heavy atom. The second kappa shape index (κ2) is 5.65. The normalized spacial score (nSPS) is 44.6. The molecule has 0 aromatic carbocycles. The van der Waals surface area contributed by atoms with Crippen molar-refractivity contribution in [1.82, 2.24) is 0 Å². The molecule has 2 nitrogen and oxygen atoms in total. The predicted octanol–water partition coefficient (Wildman–Crippen LogP) is 3.79. The lowest BCUT2D eigenvalue weighted by Gasteiger charge is -2.27. The summed E-state index contributed by atoms with van der Waals surface area (Å²) in [6, 6.07) is 0. The minimum atomic E-state index is 0.497. The first-order valence-electron chi connectivity index (χ1n) is 8.39. The third-order valence-corrected chi connectivity index (χ3v) is 5.80. The minimum Gasteiger partial charge on any atom is -0.355 e. The predicted molar refractivity (Wildman–Crippen MR) is 79.1 cm³/mol. The molecule has 0 N–H and O–H groups in total. The average Bonchev–Trinajstić information content (AvgIpc) is 3.14. The highest BCUT2D eigenvalue weighted by molar-refractivity contribution is 5.10. The molecule has 0 aromatic heterocycles. The molecule has 4 bridgehead atoms. The van der Waals surface area contributed by atoms with Crippen molar-refractivity contribution in [2.45, 2.75) is 32.1 Å². The lowest BCUT2D eigenvalue weighted by atomic mass is 9.80. The van der Waals surface area contributed by atoms with E-state index in [1.54, 1.807) is 0 Å². The van der Waals surface area contributed by atoms with Gasteiger partial charge < -0.3 is 9.47 Å². The molecule has 0 heterocycles. The fourth-order valence-corrected chi connectivity index (χ4v) is 4.86. The zero-order valence-corrected chi connectivity index (χ0v) is 12.2. The van der Waals surface area contributed by atoms with E-state index in [2.05, 4.69) is 24.3 Å². The van der Waals surface area contributed by atoms with E-state index >= 15 is 0 Å². The van der Waals surface area contributed by atoms with Crippen LogP contribution in [0.3, 0.4) is 0 Å². The number of fused-ring (bicyclic) bond motifs is 4. The van der Waals surface area contributed by atoms with E-state index in [-0.39, 0.29) is 0 Å². The van der Waals surface area contributed by atoms with Gasteiger partial charge in [-0.05, 0) is 67.6 Å². The highest BCUT2D eigenvalue weighted by atomic mass is 16.7. The van der Waals surface area contributed by atoms with Crippen molar-refractivity contribution in [1.29, 1.82) is 0 Å². The van der Waals surface area contributed by atoms with Crippen molar-refractivity contribution in [3.05, 3.63) is 24.3 Å². The van der Waals surface area contributed by atoms with Gasteiger partial charge in [0.2, 0.25) is 0 Å². The Morgan fingerprint density at radius 3 is 2.10 bits per heavy atom. The van der Waals surface area contributed by atoms with Gasteiger partial charge in [0, 0.05) is 0 Å². The fraction of sp³-hybridized carbons (Fsp3) is 0.778. The molecular formula is C18H26O2. The lowest BCUT2D eigenvalue weighted by molar-refractivity contribution is -0.0802. The Morgan fingerprint density at radius 1 is 0.700 bits per heavy atom. The van der Waals surface area contributed by atoms with Gasteiger partial charge in [-0.2, -0.15) is 0 Å². The van der Waals surface area contributed by atoms with Gasteiger partial charge in [0.25, 0.3) is 0 Å². The van der Waals surface area contributed by atoms with Gasteiger partial charge in [0.05, 0.1) is 13.2 Å². The standard InChI is InChI=1S/C18H26O2/c1-2-14-5-13(1)6-16(7-14)10-19-12-20-11-18-9-15-3-4-17(18)8-15/h1-4,13-18H,5-12H2. The molecule has 0 aromatic rings. The van der Waals surface area contributed by atoms with Crippen LogP contribution >= 0.6 is 0 Å². The number of hydrogen-bond acceptors (Lipinski definition) is 2. The van der Waals surface area contributed by atoms with Gasteiger partial charge >= 0.3 is 0 Å². The summed E-state index contributed by atoms with van der Waals surface area (Å²) < 4.78 is 11.5. The summed E-state index contributed by atoms with van der Waals surface area (Å²) in [4.78, 5) is 0. The third kappa shape index (κ3) is 2.73. The maximum Gasteiger partial charge on any atom is 0.146 e. The van der Waals surface area contributed by atoms with E-state index in [1.807, 2.05) is 0 Å². The van der Waals surface area contributed by atoms with Gasteiger partial charge in [0.1, 0.15) is 6.79 Å². The number of rotatable bonds is 6. The maximum absolute atomic E-state index is 5.77. The molecule has 5 unspecified atom stereocenters. The molecule has 5 atom stereocenters. The molecule has 4 rings (SSSR count). The van der Waals surface area contributed by atoms with Gasteiger partial charge in [0.15, 0.2) is 0 Å². The summed E-state index contributed by atoms with van der Waals surface area (Å²) in [6.45, 7) is 2.28. The van der Waals surface area contributed by atoms with Crippen LogP contribution in [-0.2, 0) is 9.47 Å². The van der Waals surface area contributed by atoms with Crippen LogP contribution < -0.4 is 0 Å². The molecule has 0 amide bonds. The molecule has 4 aliphatic rings. The molecular weight excluding hydrogens is 248 g/mol. The Labute approximate surface area is 122 Å². The summed E-state index contributed by atoms with van der Waals surface area (Å²) in [6.07, 6.45) is 16.4. The molecule has 4 aliphatic carbocycles. The Kier molecular flexibility index (Phi) is 3.70. The van der Waals surface area contributed by atoms with E-state index in [1.165, 1.54) is 32.1 Å². The fourth-order valence-electron chi connectivity index (χ4n) is 4.86. The lowest BCUT2D eigenvalue weighted by Crippen LogP contribution is -2.22. The second-order valence-corrected chi connectivity index (χ2v) is 7.38. The van der Waals surface area contributed by atoms with Gasteiger partial charge in [-0.15, -0.1) is 0 Å². The van der Waals surface area contributed by atoms with Crippen molar-refractivity contribution in [3.8, 4) is 0 Å².